The number of rotatable bonds is 4. The second kappa shape index (κ2) is 6.24. The largest absolute Gasteiger partial charge is 0.425 e. The highest BCUT2D eigenvalue weighted by Gasteiger charge is 2.05. The number of guanidine groups is 1. The molecule has 0 saturated heterocycles. The first-order valence-electron chi connectivity index (χ1n) is 5.13. The molecule has 5 N–H and O–H groups in total. The number of benzene rings is 1. The lowest BCUT2D eigenvalue weighted by atomic mass is 10.3. The zero-order chi connectivity index (χ0) is 13.5. The van der Waals surface area contributed by atoms with Gasteiger partial charge in [-0.25, -0.2) is 4.79 Å². The van der Waals surface area contributed by atoms with Crippen LogP contribution in [0.4, 0.5) is 5.69 Å². The van der Waals surface area contributed by atoms with Gasteiger partial charge >= 0.3 is 5.97 Å². The molecule has 0 atom stereocenters. The monoisotopic (exact) mass is 250 g/mol. The standard InChI is InChI=1S/C11H14N4O3/c1-7(16)15-8-2-4-9(5-3-8)18-10(17)6-14-11(12)13/h2-5H,6H2,1H3,(H,15,16)(H4,12,13,14). The highest BCUT2D eigenvalue weighted by atomic mass is 16.5. The molecule has 1 aromatic rings. The van der Waals surface area contributed by atoms with E-state index in [4.69, 9.17) is 15.9 Å². The number of carbonyl (C=O) groups excluding carboxylic acids is 2. The van der Waals surface area contributed by atoms with Gasteiger partial charge in [0.1, 0.15) is 12.3 Å². The number of amides is 1. The van der Waals surface area contributed by atoms with Crippen molar-refractivity contribution in [3.05, 3.63) is 24.3 Å². The van der Waals surface area contributed by atoms with Gasteiger partial charge in [-0.05, 0) is 24.3 Å². The molecular formula is C11H14N4O3. The molecule has 18 heavy (non-hydrogen) atoms. The molecule has 7 nitrogen and oxygen atoms in total. The van der Waals surface area contributed by atoms with Crippen LogP contribution in [0.3, 0.4) is 0 Å². The SMILES string of the molecule is CC(=O)Nc1ccc(OC(=O)CNC(=N)N)cc1. The van der Waals surface area contributed by atoms with E-state index in [-0.39, 0.29) is 18.4 Å². The van der Waals surface area contributed by atoms with Crippen LogP contribution in [-0.2, 0) is 9.59 Å². The molecule has 0 aliphatic carbocycles. The zero-order valence-electron chi connectivity index (χ0n) is 9.82. The van der Waals surface area contributed by atoms with Crippen LogP contribution in [0.15, 0.2) is 24.3 Å². The lowest BCUT2D eigenvalue weighted by Gasteiger charge is -2.06. The molecule has 96 valence electrons. The maximum Gasteiger partial charge on any atom is 0.330 e. The summed E-state index contributed by atoms with van der Waals surface area (Å²) in [7, 11) is 0. The Labute approximate surface area is 104 Å². The topological polar surface area (TPSA) is 117 Å². The number of hydrogen-bond donors (Lipinski definition) is 4. The fourth-order valence-corrected chi connectivity index (χ4v) is 1.14. The van der Waals surface area contributed by atoms with Crippen LogP contribution in [0.5, 0.6) is 5.75 Å². The summed E-state index contributed by atoms with van der Waals surface area (Å²) >= 11 is 0. The summed E-state index contributed by atoms with van der Waals surface area (Å²) in [6.45, 7) is 1.23. The van der Waals surface area contributed by atoms with Crippen molar-refractivity contribution in [2.24, 2.45) is 5.73 Å². The van der Waals surface area contributed by atoms with Crippen molar-refractivity contribution < 1.29 is 14.3 Å². The van der Waals surface area contributed by atoms with Gasteiger partial charge in [-0.1, -0.05) is 0 Å². The van der Waals surface area contributed by atoms with Crippen molar-refractivity contribution in [2.45, 2.75) is 6.92 Å². The Kier molecular flexibility index (Phi) is 4.67. The number of ether oxygens (including phenoxy) is 1. The van der Waals surface area contributed by atoms with E-state index in [1.807, 2.05) is 0 Å². The van der Waals surface area contributed by atoms with Gasteiger partial charge in [0.2, 0.25) is 5.91 Å². The predicted molar refractivity (Wildman–Crippen MR) is 66.3 cm³/mol. The van der Waals surface area contributed by atoms with Crippen molar-refractivity contribution in [2.75, 3.05) is 11.9 Å². The molecule has 0 saturated carbocycles. The number of anilines is 1. The smallest absolute Gasteiger partial charge is 0.330 e. The molecule has 1 aromatic carbocycles. The maximum absolute atomic E-state index is 11.3. The van der Waals surface area contributed by atoms with Crippen LogP contribution in [0.25, 0.3) is 0 Å². The average molecular weight is 250 g/mol. The van der Waals surface area contributed by atoms with Gasteiger partial charge < -0.3 is 21.1 Å². The lowest BCUT2D eigenvalue weighted by molar-refractivity contribution is -0.133. The van der Waals surface area contributed by atoms with Crippen LogP contribution < -0.4 is 21.1 Å². The third-order valence-electron chi connectivity index (χ3n) is 1.83. The minimum Gasteiger partial charge on any atom is -0.425 e. The van der Waals surface area contributed by atoms with E-state index in [9.17, 15) is 9.59 Å². The molecule has 0 bridgehead atoms. The summed E-state index contributed by atoms with van der Waals surface area (Å²) < 4.78 is 4.96. The third-order valence-corrected chi connectivity index (χ3v) is 1.83. The van der Waals surface area contributed by atoms with Crippen molar-refractivity contribution in [3.8, 4) is 5.75 Å². The fraction of sp³-hybridized carbons (Fsp3) is 0.182. The summed E-state index contributed by atoms with van der Waals surface area (Å²) in [6.07, 6.45) is 0. The van der Waals surface area contributed by atoms with Gasteiger partial charge in [0, 0.05) is 12.6 Å². The van der Waals surface area contributed by atoms with Crippen LogP contribution in [0.1, 0.15) is 6.92 Å². The second-order valence-corrected chi connectivity index (χ2v) is 3.45. The van der Waals surface area contributed by atoms with Gasteiger partial charge in [-0.3, -0.25) is 10.2 Å². The summed E-state index contributed by atoms with van der Waals surface area (Å²) in [5.74, 6) is -0.685. The Bertz CT molecular complexity index is 456. The van der Waals surface area contributed by atoms with Crippen molar-refractivity contribution in [1.82, 2.24) is 5.32 Å². The number of hydrogen-bond acceptors (Lipinski definition) is 4. The Morgan fingerprint density at radius 3 is 2.44 bits per heavy atom. The summed E-state index contributed by atoms with van der Waals surface area (Å²) in [6, 6.07) is 6.33. The first-order valence-corrected chi connectivity index (χ1v) is 5.13. The minimum atomic E-state index is -0.558. The number of carbonyl (C=O) groups is 2. The summed E-state index contributed by atoms with van der Waals surface area (Å²) in [5.41, 5.74) is 5.64. The van der Waals surface area contributed by atoms with E-state index in [1.54, 1.807) is 24.3 Å². The van der Waals surface area contributed by atoms with Gasteiger partial charge in [0.25, 0.3) is 0 Å². The quantitative estimate of drug-likeness (QED) is 0.260. The van der Waals surface area contributed by atoms with Crippen molar-refractivity contribution in [3.63, 3.8) is 0 Å². The molecule has 7 heteroatoms. The second-order valence-electron chi connectivity index (χ2n) is 3.45. The van der Waals surface area contributed by atoms with Gasteiger partial charge in [0.15, 0.2) is 5.96 Å². The Balaban J connectivity index is 2.50. The van der Waals surface area contributed by atoms with E-state index in [0.29, 0.717) is 11.4 Å². The number of esters is 1. The fourth-order valence-electron chi connectivity index (χ4n) is 1.14. The minimum absolute atomic E-state index is 0.176. The Morgan fingerprint density at radius 2 is 1.94 bits per heavy atom. The van der Waals surface area contributed by atoms with Crippen LogP contribution in [0, 0.1) is 5.41 Å². The summed E-state index contributed by atoms with van der Waals surface area (Å²) in [5, 5.41) is 11.8. The Hall–Kier alpha value is -2.57. The maximum atomic E-state index is 11.3. The molecular weight excluding hydrogens is 236 g/mol. The Morgan fingerprint density at radius 1 is 1.33 bits per heavy atom. The number of nitrogens with two attached hydrogens (primary N) is 1. The molecule has 0 fully saturated rings. The molecule has 0 spiro atoms. The first kappa shape index (κ1) is 13.5. The van der Waals surface area contributed by atoms with Crippen LogP contribution >= 0.6 is 0 Å². The first-order chi connectivity index (χ1) is 8.47. The van der Waals surface area contributed by atoms with Crippen molar-refractivity contribution >= 4 is 23.5 Å². The predicted octanol–water partition coefficient (Wildman–Crippen LogP) is 0.0335. The molecule has 0 aromatic heterocycles. The highest BCUT2D eigenvalue weighted by Crippen LogP contribution is 2.15. The normalized spacial score (nSPS) is 9.39. The lowest BCUT2D eigenvalue weighted by Crippen LogP contribution is -2.36. The van der Waals surface area contributed by atoms with Gasteiger partial charge in [-0.15, -0.1) is 0 Å². The zero-order valence-corrected chi connectivity index (χ0v) is 9.82. The molecule has 0 aliphatic heterocycles. The van der Waals surface area contributed by atoms with E-state index < -0.39 is 5.97 Å². The molecule has 0 unspecified atom stereocenters. The molecule has 1 amide bonds. The molecule has 0 aliphatic rings. The molecule has 0 radical (unpaired) electrons. The number of nitrogens with one attached hydrogen (secondary N) is 3. The van der Waals surface area contributed by atoms with Gasteiger partial charge in [0.05, 0.1) is 0 Å². The van der Waals surface area contributed by atoms with E-state index >= 15 is 0 Å². The van der Waals surface area contributed by atoms with Crippen molar-refractivity contribution in [1.29, 1.82) is 5.41 Å². The summed E-state index contributed by atoms with van der Waals surface area (Å²) in [4.78, 5) is 22.1. The van der Waals surface area contributed by atoms with Crippen LogP contribution in [0.2, 0.25) is 0 Å². The van der Waals surface area contributed by atoms with Gasteiger partial charge in [-0.2, -0.15) is 0 Å². The third kappa shape index (κ3) is 4.97. The van der Waals surface area contributed by atoms with E-state index in [1.165, 1.54) is 6.92 Å². The van der Waals surface area contributed by atoms with E-state index in [2.05, 4.69) is 10.6 Å². The molecule has 1 rings (SSSR count). The van der Waals surface area contributed by atoms with Crippen LogP contribution in [-0.4, -0.2) is 24.4 Å². The average Bonchev–Trinajstić information content (AvgIpc) is 2.28. The van der Waals surface area contributed by atoms with E-state index in [0.717, 1.165) is 0 Å². The highest BCUT2D eigenvalue weighted by molar-refractivity contribution is 5.88. The molecule has 0 heterocycles.